The fourth-order valence-electron chi connectivity index (χ4n) is 5.53. The van der Waals surface area contributed by atoms with Crippen molar-refractivity contribution in [2.75, 3.05) is 18.4 Å². The third kappa shape index (κ3) is 5.19. The molecule has 1 aliphatic heterocycles. The van der Waals surface area contributed by atoms with Crippen molar-refractivity contribution in [3.63, 3.8) is 0 Å². The van der Waals surface area contributed by atoms with Gasteiger partial charge in [-0.15, -0.1) is 0 Å². The molecule has 6 nitrogen and oxygen atoms in total. The van der Waals surface area contributed by atoms with E-state index >= 15 is 0 Å². The van der Waals surface area contributed by atoms with Crippen LogP contribution in [0.4, 0.5) is 19.0 Å². The van der Waals surface area contributed by atoms with Crippen LogP contribution in [0, 0.1) is 5.92 Å². The summed E-state index contributed by atoms with van der Waals surface area (Å²) in [7, 11) is 0. The first-order chi connectivity index (χ1) is 16.9. The molecule has 2 aliphatic rings. The molecule has 0 bridgehead atoms. The number of nitrogens with zero attached hydrogens (tertiary/aromatic N) is 5. The predicted octanol–water partition coefficient (Wildman–Crippen LogP) is 5.68. The van der Waals surface area contributed by atoms with Crippen LogP contribution in [0.3, 0.4) is 0 Å². The summed E-state index contributed by atoms with van der Waals surface area (Å²) >= 11 is 0. The number of pyridine rings is 1. The molecule has 4 heterocycles. The lowest BCUT2D eigenvalue weighted by molar-refractivity contribution is -0.187. The summed E-state index contributed by atoms with van der Waals surface area (Å²) < 4.78 is 41.7. The van der Waals surface area contributed by atoms with Crippen molar-refractivity contribution in [3.8, 4) is 0 Å². The maximum atomic E-state index is 13.3. The molecular weight excluding hydrogens is 453 g/mol. The normalized spacial score (nSPS) is 22.4. The number of halogens is 3. The maximum Gasteiger partial charge on any atom is 0.391 e. The Labute approximate surface area is 203 Å². The van der Waals surface area contributed by atoms with Crippen molar-refractivity contribution in [1.29, 1.82) is 0 Å². The first-order valence-corrected chi connectivity index (χ1v) is 12.4. The molecule has 1 N–H and O–H groups in total. The van der Waals surface area contributed by atoms with E-state index in [0.29, 0.717) is 13.0 Å². The zero-order valence-electron chi connectivity index (χ0n) is 19.7. The summed E-state index contributed by atoms with van der Waals surface area (Å²) in [5.74, 6) is -0.0508. The van der Waals surface area contributed by atoms with Gasteiger partial charge in [0.05, 0.1) is 12.1 Å². The van der Waals surface area contributed by atoms with Gasteiger partial charge >= 0.3 is 6.18 Å². The summed E-state index contributed by atoms with van der Waals surface area (Å²) in [4.78, 5) is 11.4. The predicted molar refractivity (Wildman–Crippen MR) is 130 cm³/mol. The first kappa shape index (κ1) is 23.8. The average Bonchev–Trinajstić information content (AvgIpc) is 3.31. The first-order valence-electron chi connectivity index (χ1n) is 12.4. The number of anilines is 1. The summed E-state index contributed by atoms with van der Waals surface area (Å²) in [6, 6.07) is 6.02. The highest BCUT2D eigenvalue weighted by atomic mass is 19.4. The molecule has 0 radical (unpaired) electrons. The second-order valence-electron chi connectivity index (χ2n) is 9.69. The van der Waals surface area contributed by atoms with Crippen LogP contribution in [0.5, 0.6) is 0 Å². The van der Waals surface area contributed by atoms with E-state index in [2.05, 4.69) is 32.9 Å². The zero-order chi connectivity index (χ0) is 24.4. The van der Waals surface area contributed by atoms with Crippen molar-refractivity contribution in [2.24, 2.45) is 5.92 Å². The molecule has 2 fully saturated rings. The molecule has 5 rings (SSSR count). The smallest absolute Gasteiger partial charge is 0.366 e. The molecule has 3 aromatic heterocycles. The van der Waals surface area contributed by atoms with E-state index < -0.39 is 12.1 Å². The average molecular weight is 485 g/mol. The van der Waals surface area contributed by atoms with Crippen LogP contribution in [-0.2, 0) is 6.54 Å². The molecule has 3 aromatic rings. The largest absolute Gasteiger partial charge is 0.391 e. The van der Waals surface area contributed by atoms with E-state index in [0.717, 1.165) is 60.6 Å². The van der Waals surface area contributed by atoms with E-state index in [4.69, 9.17) is 4.98 Å². The highest BCUT2D eigenvalue weighted by Crippen LogP contribution is 2.40. The fourth-order valence-corrected chi connectivity index (χ4v) is 5.53. The second kappa shape index (κ2) is 9.97. The van der Waals surface area contributed by atoms with E-state index in [-0.39, 0.29) is 24.8 Å². The van der Waals surface area contributed by atoms with Crippen molar-refractivity contribution < 1.29 is 13.2 Å². The van der Waals surface area contributed by atoms with E-state index in [1.165, 1.54) is 0 Å². The highest BCUT2D eigenvalue weighted by molar-refractivity contribution is 5.66. The Kier molecular flexibility index (Phi) is 6.77. The number of piperidine rings is 1. The van der Waals surface area contributed by atoms with Gasteiger partial charge in [-0.05, 0) is 56.8 Å². The molecule has 9 heteroatoms. The topological polar surface area (TPSA) is 58.4 Å². The minimum absolute atomic E-state index is 0.0330. The Hall–Kier alpha value is -2.94. The zero-order valence-corrected chi connectivity index (χ0v) is 19.7. The summed E-state index contributed by atoms with van der Waals surface area (Å²) in [6.07, 6.45) is 6.81. The van der Waals surface area contributed by atoms with Gasteiger partial charge in [0.2, 0.25) is 0 Å². The minimum atomic E-state index is -4.08. The molecule has 2 atom stereocenters. The van der Waals surface area contributed by atoms with Crippen molar-refractivity contribution in [2.45, 2.75) is 63.2 Å². The number of hydrogen-bond acceptors (Lipinski definition) is 5. The van der Waals surface area contributed by atoms with E-state index in [9.17, 15) is 13.2 Å². The molecule has 0 aromatic carbocycles. The lowest BCUT2D eigenvalue weighted by Crippen LogP contribution is -2.45. The molecule has 1 saturated carbocycles. The van der Waals surface area contributed by atoms with E-state index in [1.54, 1.807) is 23.0 Å². The molecule has 186 valence electrons. The van der Waals surface area contributed by atoms with Crippen LogP contribution in [0.25, 0.3) is 11.7 Å². The minimum Gasteiger partial charge on any atom is -0.366 e. The molecule has 1 saturated heterocycles. The number of alkyl halides is 3. The standard InChI is InChI=1S/C26H31F3N6/c1-2-19-17-32-35-24(31-16-18-5-4-10-30-15-18)14-23(33-25(19)35)20-8-11-34(12-9-20)22-7-3-6-21(13-22)26(27,28)29/h2,4-5,10,14-15,17,20-22,31H,1,3,6-9,11-13,16H2. The van der Waals surface area contributed by atoms with Gasteiger partial charge in [0.15, 0.2) is 5.65 Å². The number of nitrogens with one attached hydrogen (secondary N) is 1. The van der Waals surface area contributed by atoms with Crippen LogP contribution in [0.15, 0.2) is 43.4 Å². The summed E-state index contributed by atoms with van der Waals surface area (Å²) in [5, 5.41) is 7.96. The Balaban J connectivity index is 1.31. The lowest BCUT2D eigenvalue weighted by Gasteiger charge is -2.41. The highest BCUT2D eigenvalue weighted by Gasteiger charge is 2.43. The van der Waals surface area contributed by atoms with Gasteiger partial charge < -0.3 is 10.2 Å². The number of rotatable bonds is 6. The SMILES string of the molecule is C=Cc1cnn2c(NCc3cccnc3)cc(C3CCN(C4CCCC(C(F)(F)F)C4)CC3)nc12. The Morgan fingerprint density at radius 2 is 1.97 bits per heavy atom. The van der Waals surface area contributed by atoms with Crippen LogP contribution < -0.4 is 5.32 Å². The van der Waals surface area contributed by atoms with Crippen LogP contribution in [0.2, 0.25) is 0 Å². The number of hydrogen-bond donors (Lipinski definition) is 1. The summed E-state index contributed by atoms with van der Waals surface area (Å²) in [6.45, 7) is 6.11. The monoisotopic (exact) mass is 484 g/mol. The van der Waals surface area contributed by atoms with Crippen molar-refractivity contribution in [1.82, 2.24) is 24.5 Å². The lowest BCUT2D eigenvalue weighted by atomic mass is 9.83. The van der Waals surface area contributed by atoms with Gasteiger partial charge in [-0.2, -0.15) is 22.8 Å². The second-order valence-corrected chi connectivity index (χ2v) is 9.69. The fraction of sp³-hybridized carbons (Fsp3) is 0.500. The quantitative estimate of drug-likeness (QED) is 0.488. The number of aromatic nitrogens is 4. The van der Waals surface area contributed by atoms with Gasteiger partial charge in [0.25, 0.3) is 0 Å². The molecule has 2 unspecified atom stereocenters. The van der Waals surface area contributed by atoms with Gasteiger partial charge in [0.1, 0.15) is 5.82 Å². The van der Waals surface area contributed by atoms with Gasteiger partial charge in [-0.1, -0.05) is 25.1 Å². The van der Waals surface area contributed by atoms with Crippen LogP contribution in [0.1, 0.15) is 61.3 Å². The maximum absolute atomic E-state index is 13.3. The molecule has 0 spiro atoms. The molecule has 0 amide bonds. The van der Waals surface area contributed by atoms with Crippen molar-refractivity contribution >= 4 is 17.5 Å². The van der Waals surface area contributed by atoms with Crippen LogP contribution in [-0.4, -0.2) is 49.8 Å². The van der Waals surface area contributed by atoms with Gasteiger partial charge in [-0.3, -0.25) is 4.98 Å². The number of likely N-dealkylation sites (tertiary alicyclic amines) is 1. The Morgan fingerprint density at radius 3 is 2.69 bits per heavy atom. The molecule has 1 aliphatic carbocycles. The van der Waals surface area contributed by atoms with Gasteiger partial charge in [-0.25, -0.2) is 4.98 Å². The Bertz CT molecular complexity index is 1150. The van der Waals surface area contributed by atoms with Crippen molar-refractivity contribution in [3.05, 3.63) is 60.2 Å². The van der Waals surface area contributed by atoms with Gasteiger partial charge in [0, 0.05) is 48.2 Å². The summed E-state index contributed by atoms with van der Waals surface area (Å²) in [5.41, 5.74) is 3.68. The Morgan fingerprint density at radius 1 is 1.14 bits per heavy atom. The third-order valence-corrected chi connectivity index (χ3v) is 7.51. The third-order valence-electron chi connectivity index (χ3n) is 7.51. The number of fused-ring (bicyclic) bond motifs is 1. The van der Waals surface area contributed by atoms with E-state index in [1.807, 2.05) is 18.3 Å². The molecular formula is C26H31F3N6. The molecule has 35 heavy (non-hydrogen) atoms. The van der Waals surface area contributed by atoms with Crippen LogP contribution >= 0.6 is 0 Å².